The topological polar surface area (TPSA) is 29.1 Å². The molecule has 0 saturated carbocycles. The number of carbonyl (C=O) groups is 1. The average molecular weight is 218 g/mol. The van der Waals surface area contributed by atoms with Gasteiger partial charge >= 0.3 is 0 Å². The SMILES string of the molecule is CC(=O)CNc1ccc(Cl)c(Cl)c1. The Morgan fingerprint density at radius 1 is 1.38 bits per heavy atom. The predicted octanol–water partition coefficient (Wildman–Crippen LogP) is 2.99. The minimum atomic E-state index is 0.0751. The zero-order valence-corrected chi connectivity index (χ0v) is 8.62. The summed E-state index contributed by atoms with van der Waals surface area (Å²) >= 11 is 11.5. The summed E-state index contributed by atoms with van der Waals surface area (Å²) < 4.78 is 0. The summed E-state index contributed by atoms with van der Waals surface area (Å²) in [5.41, 5.74) is 0.796. The molecule has 4 heteroatoms. The molecule has 1 N–H and O–H groups in total. The van der Waals surface area contributed by atoms with Gasteiger partial charge in [0.05, 0.1) is 16.6 Å². The molecule has 0 bridgehead atoms. The number of ketones is 1. The van der Waals surface area contributed by atoms with Gasteiger partial charge in [0.1, 0.15) is 5.78 Å². The van der Waals surface area contributed by atoms with Crippen molar-refractivity contribution < 1.29 is 4.79 Å². The Labute approximate surface area is 86.8 Å². The molecule has 2 nitrogen and oxygen atoms in total. The fourth-order valence-electron chi connectivity index (χ4n) is 0.833. The zero-order valence-electron chi connectivity index (χ0n) is 7.10. The van der Waals surface area contributed by atoms with E-state index in [4.69, 9.17) is 23.2 Å². The molecule has 0 amide bonds. The Morgan fingerprint density at radius 3 is 2.62 bits per heavy atom. The van der Waals surface area contributed by atoms with Gasteiger partial charge in [-0.15, -0.1) is 0 Å². The first-order valence-corrected chi connectivity index (χ1v) is 4.53. The van der Waals surface area contributed by atoms with E-state index in [2.05, 4.69) is 5.32 Å². The molecule has 0 unspecified atom stereocenters. The van der Waals surface area contributed by atoms with Crippen molar-refractivity contribution in [3.63, 3.8) is 0 Å². The van der Waals surface area contributed by atoms with Crippen molar-refractivity contribution in [2.75, 3.05) is 11.9 Å². The molecule has 0 spiro atoms. The first-order valence-electron chi connectivity index (χ1n) is 3.78. The molecule has 0 radical (unpaired) electrons. The summed E-state index contributed by atoms with van der Waals surface area (Å²) in [6, 6.07) is 5.15. The van der Waals surface area contributed by atoms with Crippen LogP contribution in [0.3, 0.4) is 0 Å². The lowest BCUT2D eigenvalue weighted by Crippen LogP contribution is -2.09. The van der Waals surface area contributed by atoms with Gasteiger partial charge in [-0.1, -0.05) is 23.2 Å². The number of carbonyl (C=O) groups excluding carboxylic acids is 1. The van der Waals surface area contributed by atoms with Crippen LogP contribution in [0.15, 0.2) is 18.2 Å². The highest BCUT2D eigenvalue weighted by Crippen LogP contribution is 2.24. The number of anilines is 1. The molecular formula is C9H9Cl2NO. The number of rotatable bonds is 3. The zero-order chi connectivity index (χ0) is 9.84. The smallest absolute Gasteiger partial charge is 0.148 e. The Hall–Kier alpha value is -0.730. The normalized spacial score (nSPS) is 9.77. The molecule has 0 saturated heterocycles. The highest BCUT2D eigenvalue weighted by molar-refractivity contribution is 6.42. The molecule has 0 aliphatic rings. The summed E-state index contributed by atoms with van der Waals surface area (Å²) in [5.74, 6) is 0.0751. The molecule has 13 heavy (non-hydrogen) atoms. The van der Waals surface area contributed by atoms with E-state index in [-0.39, 0.29) is 5.78 Å². The Morgan fingerprint density at radius 2 is 2.08 bits per heavy atom. The number of Topliss-reactive ketones (excluding diaryl/α,β-unsaturated/α-hetero) is 1. The minimum absolute atomic E-state index is 0.0751. The second-order valence-electron chi connectivity index (χ2n) is 2.68. The third-order valence-corrected chi connectivity index (χ3v) is 2.20. The van der Waals surface area contributed by atoms with E-state index >= 15 is 0 Å². The second kappa shape index (κ2) is 4.49. The van der Waals surface area contributed by atoms with Crippen LogP contribution in [0, 0.1) is 0 Å². The van der Waals surface area contributed by atoms with Crippen LogP contribution in [0.1, 0.15) is 6.92 Å². The molecule has 0 aromatic heterocycles. The van der Waals surface area contributed by atoms with Gasteiger partial charge in [0, 0.05) is 5.69 Å². The van der Waals surface area contributed by atoms with Crippen LogP contribution in [-0.4, -0.2) is 12.3 Å². The van der Waals surface area contributed by atoms with Crippen molar-refractivity contribution >= 4 is 34.7 Å². The molecule has 0 fully saturated rings. The maximum atomic E-state index is 10.6. The largest absolute Gasteiger partial charge is 0.378 e. The van der Waals surface area contributed by atoms with E-state index in [0.717, 1.165) is 5.69 Å². The van der Waals surface area contributed by atoms with Crippen molar-refractivity contribution in [1.29, 1.82) is 0 Å². The van der Waals surface area contributed by atoms with Gasteiger partial charge in [-0.2, -0.15) is 0 Å². The van der Waals surface area contributed by atoms with Crippen molar-refractivity contribution in [2.24, 2.45) is 0 Å². The van der Waals surface area contributed by atoms with Crippen molar-refractivity contribution in [1.82, 2.24) is 0 Å². The highest BCUT2D eigenvalue weighted by Gasteiger charge is 1.99. The summed E-state index contributed by atoms with van der Waals surface area (Å²) in [5, 5.41) is 3.91. The third kappa shape index (κ3) is 3.25. The van der Waals surface area contributed by atoms with Crippen molar-refractivity contribution in [3.8, 4) is 0 Å². The van der Waals surface area contributed by atoms with Gasteiger partial charge in [-0.25, -0.2) is 0 Å². The van der Waals surface area contributed by atoms with Crippen LogP contribution in [0.2, 0.25) is 10.0 Å². The van der Waals surface area contributed by atoms with Crippen molar-refractivity contribution in [3.05, 3.63) is 28.2 Å². The van der Waals surface area contributed by atoms with Crippen LogP contribution in [0.25, 0.3) is 0 Å². The van der Waals surface area contributed by atoms with E-state index in [9.17, 15) is 4.79 Å². The third-order valence-electron chi connectivity index (χ3n) is 1.46. The molecule has 0 aliphatic heterocycles. The Balaban J connectivity index is 2.68. The maximum Gasteiger partial charge on any atom is 0.148 e. The van der Waals surface area contributed by atoms with Gasteiger partial charge in [0.2, 0.25) is 0 Å². The number of hydrogen-bond donors (Lipinski definition) is 1. The quantitative estimate of drug-likeness (QED) is 0.844. The van der Waals surface area contributed by atoms with Gasteiger partial charge in [-0.05, 0) is 25.1 Å². The van der Waals surface area contributed by atoms with Crippen LogP contribution < -0.4 is 5.32 Å². The van der Waals surface area contributed by atoms with E-state index < -0.39 is 0 Å². The number of hydrogen-bond acceptors (Lipinski definition) is 2. The molecule has 1 rings (SSSR count). The Kier molecular flexibility index (Phi) is 3.58. The maximum absolute atomic E-state index is 10.6. The first kappa shape index (κ1) is 10.4. The molecule has 0 atom stereocenters. The molecule has 1 aromatic carbocycles. The molecule has 70 valence electrons. The first-order chi connectivity index (χ1) is 6.09. The van der Waals surface area contributed by atoms with Crippen LogP contribution in [0.5, 0.6) is 0 Å². The lowest BCUT2D eigenvalue weighted by Gasteiger charge is -2.04. The van der Waals surface area contributed by atoms with Crippen LogP contribution in [0.4, 0.5) is 5.69 Å². The molecular weight excluding hydrogens is 209 g/mol. The van der Waals surface area contributed by atoms with Gasteiger partial charge in [0.25, 0.3) is 0 Å². The standard InChI is InChI=1S/C9H9Cl2NO/c1-6(13)5-12-7-2-3-8(10)9(11)4-7/h2-4,12H,5H2,1H3. The lowest BCUT2D eigenvalue weighted by molar-refractivity contribution is -0.115. The second-order valence-corrected chi connectivity index (χ2v) is 3.50. The van der Waals surface area contributed by atoms with E-state index in [1.807, 2.05) is 0 Å². The fourth-order valence-corrected chi connectivity index (χ4v) is 1.13. The van der Waals surface area contributed by atoms with Crippen LogP contribution >= 0.6 is 23.2 Å². The average Bonchev–Trinajstić information content (AvgIpc) is 2.07. The van der Waals surface area contributed by atoms with E-state index in [0.29, 0.717) is 16.6 Å². The fraction of sp³-hybridized carbons (Fsp3) is 0.222. The summed E-state index contributed by atoms with van der Waals surface area (Å²) in [6.45, 7) is 1.82. The number of halogens is 2. The Bertz CT molecular complexity index is 325. The van der Waals surface area contributed by atoms with Crippen LogP contribution in [-0.2, 0) is 4.79 Å². The summed E-state index contributed by atoms with van der Waals surface area (Å²) in [7, 11) is 0. The summed E-state index contributed by atoms with van der Waals surface area (Å²) in [4.78, 5) is 10.6. The van der Waals surface area contributed by atoms with Crippen molar-refractivity contribution in [2.45, 2.75) is 6.92 Å². The predicted molar refractivity (Wildman–Crippen MR) is 55.6 cm³/mol. The number of nitrogens with one attached hydrogen (secondary N) is 1. The summed E-state index contributed by atoms with van der Waals surface area (Å²) in [6.07, 6.45) is 0. The molecule has 0 aliphatic carbocycles. The lowest BCUT2D eigenvalue weighted by atomic mass is 10.3. The highest BCUT2D eigenvalue weighted by atomic mass is 35.5. The van der Waals surface area contributed by atoms with Gasteiger partial charge in [-0.3, -0.25) is 4.79 Å². The van der Waals surface area contributed by atoms with Gasteiger partial charge < -0.3 is 5.32 Å². The van der Waals surface area contributed by atoms with Gasteiger partial charge in [0.15, 0.2) is 0 Å². The minimum Gasteiger partial charge on any atom is -0.378 e. The molecule has 1 aromatic rings. The molecule has 0 heterocycles. The monoisotopic (exact) mass is 217 g/mol. The van der Waals surface area contributed by atoms with E-state index in [1.54, 1.807) is 18.2 Å². The van der Waals surface area contributed by atoms with E-state index in [1.165, 1.54) is 6.92 Å². The number of benzene rings is 1.